The molecule has 104 valence electrons. The Morgan fingerprint density at radius 1 is 1.05 bits per heavy atom. The fourth-order valence-corrected chi connectivity index (χ4v) is 4.39. The second-order valence-electron chi connectivity index (χ2n) is 5.57. The first-order chi connectivity index (χ1) is 9.43. The van der Waals surface area contributed by atoms with Gasteiger partial charge < -0.3 is 13.9 Å². The molecule has 3 nitrogen and oxygen atoms in total. The minimum absolute atomic E-state index is 0.465. The van der Waals surface area contributed by atoms with Gasteiger partial charge in [-0.15, -0.1) is 0 Å². The molecule has 2 saturated heterocycles. The van der Waals surface area contributed by atoms with Crippen molar-refractivity contribution in [2.45, 2.75) is 12.0 Å². The van der Waals surface area contributed by atoms with Crippen molar-refractivity contribution in [3.63, 3.8) is 0 Å². The average molecular weight is 278 g/mol. The number of rotatable bonds is 7. The molecule has 1 aromatic carbocycles. The third-order valence-corrected chi connectivity index (χ3v) is 6.47. The zero-order valence-corrected chi connectivity index (χ0v) is 12.7. The molecule has 3 rings (SSSR count). The molecule has 0 atom stereocenters. The van der Waals surface area contributed by atoms with E-state index < -0.39 is 9.76 Å². The first-order valence-electron chi connectivity index (χ1n) is 7.20. The van der Waals surface area contributed by atoms with Crippen molar-refractivity contribution in [3.8, 4) is 0 Å². The zero-order valence-electron chi connectivity index (χ0n) is 11.3. The molecule has 0 aliphatic carbocycles. The molecule has 0 spiro atoms. The predicted octanol–water partition coefficient (Wildman–Crippen LogP) is 1.41. The van der Waals surface area contributed by atoms with E-state index >= 15 is 0 Å². The van der Waals surface area contributed by atoms with Gasteiger partial charge >= 0.3 is 0 Å². The summed E-state index contributed by atoms with van der Waals surface area (Å²) in [6, 6.07) is 10.6. The molecule has 0 amide bonds. The van der Waals surface area contributed by atoms with E-state index in [2.05, 4.69) is 30.3 Å². The SMILES string of the molecule is c1ccc(CCO[SiH2]C(C2COC2)C2COC2)cc1. The standard InChI is InChI=1S/C15H22O3Si/c1-2-4-12(5-3-1)6-7-18-19-15(13-8-16-9-13)14-10-17-11-14/h1-5,13-15H,6-11,19H2. The van der Waals surface area contributed by atoms with E-state index in [0.29, 0.717) is 0 Å². The van der Waals surface area contributed by atoms with Gasteiger partial charge in [0.2, 0.25) is 0 Å². The van der Waals surface area contributed by atoms with Crippen molar-refractivity contribution in [1.29, 1.82) is 0 Å². The number of hydrogen-bond acceptors (Lipinski definition) is 3. The van der Waals surface area contributed by atoms with Crippen molar-refractivity contribution in [2.75, 3.05) is 33.0 Å². The van der Waals surface area contributed by atoms with Gasteiger partial charge in [-0.3, -0.25) is 0 Å². The van der Waals surface area contributed by atoms with Crippen molar-refractivity contribution in [3.05, 3.63) is 35.9 Å². The molecule has 2 fully saturated rings. The third-order valence-electron chi connectivity index (χ3n) is 4.23. The molecule has 4 heteroatoms. The molecule has 2 aliphatic rings. The Bertz CT molecular complexity index is 362. The van der Waals surface area contributed by atoms with Gasteiger partial charge in [-0.2, -0.15) is 0 Å². The lowest BCUT2D eigenvalue weighted by atomic mass is 9.91. The Labute approximate surface area is 117 Å². The number of benzene rings is 1. The first-order valence-corrected chi connectivity index (χ1v) is 8.60. The van der Waals surface area contributed by atoms with Crippen LogP contribution < -0.4 is 0 Å². The normalized spacial score (nSPS) is 20.9. The summed E-state index contributed by atoms with van der Waals surface area (Å²) >= 11 is 0. The van der Waals surface area contributed by atoms with Gasteiger partial charge in [0.15, 0.2) is 9.76 Å². The van der Waals surface area contributed by atoms with Crippen LogP contribution in [0.2, 0.25) is 5.54 Å². The monoisotopic (exact) mass is 278 g/mol. The van der Waals surface area contributed by atoms with E-state index in [9.17, 15) is 0 Å². The average Bonchev–Trinajstić information content (AvgIpc) is 2.31. The van der Waals surface area contributed by atoms with Gasteiger partial charge in [-0.25, -0.2) is 0 Å². The largest absolute Gasteiger partial charge is 0.423 e. The first kappa shape index (κ1) is 13.3. The van der Waals surface area contributed by atoms with Crippen molar-refractivity contribution < 1.29 is 13.9 Å². The predicted molar refractivity (Wildman–Crippen MR) is 77.0 cm³/mol. The van der Waals surface area contributed by atoms with Crippen molar-refractivity contribution in [2.24, 2.45) is 11.8 Å². The van der Waals surface area contributed by atoms with Crippen LogP contribution >= 0.6 is 0 Å². The van der Waals surface area contributed by atoms with Gasteiger partial charge in [0.1, 0.15) is 0 Å². The summed E-state index contributed by atoms with van der Waals surface area (Å²) in [5, 5.41) is 0. The highest BCUT2D eigenvalue weighted by atomic mass is 28.2. The molecule has 2 aliphatic heterocycles. The Hall–Kier alpha value is -0.683. The molecular weight excluding hydrogens is 256 g/mol. The topological polar surface area (TPSA) is 27.7 Å². The molecule has 1 aromatic rings. The second-order valence-corrected chi connectivity index (χ2v) is 7.25. The lowest BCUT2D eigenvalue weighted by molar-refractivity contribution is -0.0910. The summed E-state index contributed by atoms with van der Waals surface area (Å²) in [6.07, 6.45) is 1.03. The Kier molecular flexibility index (Phi) is 4.66. The van der Waals surface area contributed by atoms with Gasteiger partial charge in [-0.1, -0.05) is 30.3 Å². The Morgan fingerprint density at radius 3 is 2.21 bits per heavy atom. The molecule has 2 heterocycles. The molecule has 0 unspecified atom stereocenters. The summed E-state index contributed by atoms with van der Waals surface area (Å²) in [6.45, 7) is 4.63. The minimum Gasteiger partial charge on any atom is -0.423 e. The summed E-state index contributed by atoms with van der Waals surface area (Å²) < 4.78 is 16.7. The van der Waals surface area contributed by atoms with Crippen LogP contribution in [0.25, 0.3) is 0 Å². The Morgan fingerprint density at radius 2 is 1.68 bits per heavy atom. The van der Waals surface area contributed by atoms with Crippen LogP contribution in [-0.4, -0.2) is 42.8 Å². The highest BCUT2D eigenvalue weighted by Crippen LogP contribution is 2.36. The van der Waals surface area contributed by atoms with Crippen LogP contribution in [0.1, 0.15) is 5.56 Å². The molecule has 0 bridgehead atoms. The number of ether oxygens (including phenoxy) is 2. The minimum atomic E-state index is -0.465. The van der Waals surface area contributed by atoms with E-state index in [1.54, 1.807) is 0 Å². The highest BCUT2D eigenvalue weighted by Gasteiger charge is 2.38. The van der Waals surface area contributed by atoms with E-state index in [4.69, 9.17) is 13.9 Å². The molecule has 0 radical (unpaired) electrons. The van der Waals surface area contributed by atoms with E-state index in [-0.39, 0.29) is 0 Å². The van der Waals surface area contributed by atoms with E-state index in [0.717, 1.165) is 56.8 Å². The van der Waals surface area contributed by atoms with Crippen LogP contribution in [0.15, 0.2) is 30.3 Å². The maximum atomic E-state index is 6.04. The van der Waals surface area contributed by atoms with Crippen LogP contribution in [0.3, 0.4) is 0 Å². The Balaban J connectivity index is 1.39. The smallest absolute Gasteiger partial charge is 0.165 e. The lowest BCUT2D eigenvalue weighted by Crippen LogP contribution is -2.44. The summed E-state index contributed by atoms with van der Waals surface area (Å²) in [5.74, 6) is 1.49. The van der Waals surface area contributed by atoms with Gasteiger partial charge in [0.25, 0.3) is 0 Å². The van der Waals surface area contributed by atoms with Crippen LogP contribution in [0, 0.1) is 11.8 Å². The van der Waals surface area contributed by atoms with E-state index in [1.165, 1.54) is 5.56 Å². The second kappa shape index (κ2) is 6.66. The van der Waals surface area contributed by atoms with Crippen molar-refractivity contribution >= 4 is 9.76 Å². The molecule has 0 saturated carbocycles. The van der Waals surface area contributed by atoms with E-state index in [1.807, 2.05) is 0 Å². The molecule has 0 aromatic heterocycles. The third kappa shape index (κ3) is 3.45. The maximum absolute atomic E-state index is 6.04. The van der Waals surface area contributed by atoms with Crippen LogP contribution in [0.4, 0.5) is 0 Å². The maximum Gasteiger partial charge on any atom is 0.165 e. The highest BCUT2D eigenvalue weighted by molar-refractivity contribution is 6.29. The van der Waals surface area contributed by atoms with Crippen LogP contribution in [-0.2, 0) is 20.3 Å². The summed E-state index contributed by atoms with van der Waals surface area (Å²) in [7, 11) is -0.465. The fourth-order valence-electron chi connectivity index (χ4n) is 2.71. The lowest BCUT2D eigenvalue weighted by Gasteiger charge is -2.41. The van der Waals surface area contributed by atoms with Gasteiger partial charge in [0.05, 0.1) is 26.4 Å². The van der Waals surface area contributed by atoms with Crippen LogP contribution in [0.5, 0.6) is 0 Å². The number of hydrogen-bond donors (Lipinski definition) is 0. The van der Waals surface area contributed by atoms with Crippen molar-refractivity contribution in [1.82, 2.24) is 0 Å². The zero-order chi connectivity index (χ0) is 12.9. The summed E-state index contributed by atoms with van der Waals surface area (Å²) in [4.78, 5) is 0. The molecular formula is C15H22O3Si. The van der Waals surface area contributed by atoms with Gasteiger partial charge in [0, 0.05) is 18.4 Å². The molecule has 19 heavy (non-hydrogen) atoms. The quantitative estimate of drug-likeness (QED) is 0.557. The molecule has 0 N–H and O–H groups in total. The fraction of sp³-hybridized carbons (Fsp3) is 0.600. The van der Waals surface area contributed by atoms with Gasteiger partial charge in [-0.05, 0) is 17.5 Å². The summed E-state index contributed by atoms with van der Waals surface area (Å²) in [5.41, 5.74) is 2.13.